The normalized spacial score (nSPS) is 17.1. The second kappa shape index (κ2) is 7.26. The first-order chi connectivity index (χ1) is 9.69. The van der Waals surface area contributed by atoms with Gasteiger partial charge in [0.1, 0.15) is 5.75 Å². The third-order valence-electron chi connectivity index (χ3n) is 3.74. The van der Waals surface area contributed by atoms with Crippen molar-refractivity contribution in [1.82, 2.24) is 10.2 Å². The number of piperidine rings is 1. The summed E-state index contributed by atoms with van der Waals surface area (Å²) in [7, 11) is 0. The number of hydrogen-bond acceptors (Lipinski definition) is 4. The Kier molecular flexibility index (Phi) is 5.38. The summed E-state index contributed by atoms with van der Waals surface area (Å²) in [4.78, 5) is 14.3. The minimum Gasteiger partial charge on any atom is -0.508 e. The zero-order valence-corrected chi connectivity index (χ0v) is 11.7. The fourth-order valence-corrected chi connectivity index (χ4v) is 2.60. The molecule has 0 saturated carbocycles. The highest BCUT2D eigenvalue weighted by Crippen LogP contribution is 2.16. The zero-order chi connectivity index (χ0) is 14.4. The Morgan fingerprint density at radius 3 is 2.70 bits per heavy atom. The van der Waals surface area contributed by atoms with Crippen LogP contribution in [-0.2, 0) is 11.2 Å². The molecule has 0 spiro atoms. The second-order valence-corrected chi connectivity index (χ2v) is 5.28. The quantitative estimate of drug-likeness (QED) is 0.731. The molecule has 0 aromatic heterocycles. The Balaban J connectivity index is 1.77. The lowest BCUT2D eigenvalue weighted by molar-refractivity contribution is -0.121. The maximum Gasteiger partial charge on any atom is 0.224 e. The molecule has 1 aliphatic rings. The first kappa shape index (κ1) is 14.8. The average molecular weight is 277 g/mol. The molecule has 1 amide bonds. The number of rotatable bonds is 5. The number of nitrogens with one attached hydrogen (secondary N) is 1. The molecule has 0 bridgehead atoms. The van der Waals surface area contributed by atoms with Gasteiger partial charge < -0.3 is 21.1 Å². The van der Waals surface area contributed by atoms with Crippen molar-refractivity contribution in [2.45, 2.75) is 25.3 Å². The van der Waals surface area contributed by atoms with E-state index in [1.54, 1.807) is 18.2 Å². The van der Waals surface area contributed by atoms with Crippen LogP contribution in [-0.4, -0.2) is 48.1 Å². The Morgan fingerprint density at radius 1 is 1.35 bits per heavy atom. The minimum absolute atomic E-state index is 0.0243. The van der Waals surface area contributed by atoms with Crippen LogP contribution in [0.25, 0.3) is 0 Å². The predicted octanol–water partition coefficient (Wildman–Crippen LogP) is 0.474. The number of phenolic OH excluding ortho intramolecular Hbond substituents is 1. The number of likely N-dealkylation sites (tertiary alicyclic amines) is 1. The van der Waals surface area contributed by atoms with Gasteiger partial charge >= 0.3 is 0 Å². The van der Waals surface area contributed by atoms with Crippen LogP contribution in [0.2, 0.25) is 0 Å². The van der Waals surface area contributed by atoms with Crippen LogP contribution in [0.3, 0.4) is 0 Å². The molecule has 1 aromatic rings. The third-order valence-corrected chi connectivity index (χ3v) is 3.74. The molecule has 1 saturated heterocycles. The van der Waals surface area contributed by atoms with Gasteiger partial charge in [0, 0.05) is 37.8 Å². The van der Waals surface area contributed by atoms with Crippen molar-refractivity contribution < 1.29 is 9.90 Å². The van der Waals surface area contributed by atoms with E-state index in [4.69, 9.17) is 5.73 Å². The number of amides is 1. The lowest BCUT2D eigenvalue weighted by Gasteiger charge is -2.32. The monoisotopic (exact) mass is 277 g/mol. The molecule has 4 N–H and O–H groups in total. The lowest BCUT2D eigenvalue weighted by atomic mass is 10.0. The van der Waals surface area contributed by atoms with E-state index in [1.165, 1.54) is 0 Å². The highest BCUT2D eigenvalue weighted by molar-refractivity contribution is 5.79. The Morgan fingerprint density at radius 2 is 2.05 bits per heavy atom. The van der Waals surface area contributed by atoms with Gasteiger partial charge in [-0.2, -0.15) is 0 Å². The summed E-state index contributed by atoms with van der Waals surface area (Å²) in [5, 5.41) is 12.7. The predicted molar refractivity (Wildman–Crippen MR) is 78.5 cm³/mol. The van der Waals surface area contributed by atoms with Crippen molar-refractivity contribution >= 4 is 5.91 Å². The molecule has 0 unspecified atom stereocenters. The summed E-state index contributed by atoms with van der Waals surface area (Å²) < 4.78 is 0. The number of aromatic hydroxyl groups is 1. The molecule has 2 rings (SSSR count). The minimum atomic E-state index is -0.0243. The van der Waals surface area contributed by atoms with Gasteiger partial charge in [0.25, 0.3) is 0 Å². The van der Waals surface area contributed by atoms with Crippen LogP contribution in [0, 0.1) is 0 Å². The van der Waals surface area contributed by atoms with Gasteiger partial charge in [-0.15, -0.1) is 0 Å². The molecule has 20 heavy (non-hydrogen) atoms. The van der Waals surface area contributed by atoms with E-state index in [-0.39, 0.29) is 24.1 Å². The van der Waals surface area contributed by atoms with Crippen molar-refractivity contribution in [3.63, 3.8) is 0 Å². The standard InChI is InChI=1S/C15H23N3O2/c16-7-10-18-8-5-13(6-9-18)17-15(20)11-12-3-1-2-4-14(12)19/h1-4,13,19H,5-11,16H2,(H,17,20). The summed E-state index contributed by atoms with van der Waals surface area (Å²) in [6, 6.07) is 7.20. The van der Waals surface area contributed by atoms with Crippen molar-refractivity contribution in [2.75, 3.05) is 26.2 Å². The second-order valence-electron chi connectivity index (χ2n) is 5.28. The molecular weight excluding hydrogens is 254 g/mol. The van der Waals surface area contributed by atoms with Crippen LogP contribution >= 0.6 is 0 Å². The molecule has 1 heterocycles. The van der Waals surface area contributed by atoms with Gasteiger partial charge in [0.05, 0.1) is 6.42 Å². The Bertz CT molecular complexity index is 442. The Hall–Kier alpha value is -1.59. The number of benzene rings is 1. The van der Waals surface area contributed by atoms with Gasteiger partial charge in [-0.05, 0) is 18.9 Å². The van der Waals surface area contributed by atoms with E-state index in [9.17, 15) is 9.90 Å². The highest BCUT2D eigenvalue weighted by atomic mass is 16.3. The van der Waals surface area contributed by atoms with Gasteiger partial charge in [0.15, 0.2) is 0 Å². The summed E-state index contributed by atoms with van der Waals surface area (Å²) in [6.07, 6.45) is 2.16. The average Bonchev–Trinajstić information content (AvgIpc) is 2.44. The first-order valence-electron chi connectivity index (χ1n) is 7.17. The highest BCUT2D eigenvalue weighted by Gasteiger charge is 2.20. The molecular formula is C15H23N3O2. The van der Waals surface area contributed by atoms with E-state index in [0.29, 0.717) is 12.1 Å². The summed E-state index contributed by atoms with van der Waals surface area (Å²) >= 11 is 0. The maximum atomic E-state index is 12.0. The van der Waals surface area contributed by atoms with Crippen molar-refractivity contribution in [3.8, 4) is 5.75 Å². The van der Waals surface area contributed by atoms with Crippen molar-refractivity contribution in [2.24, 2.45) is 5.73 Å². The molecule has 1 fully saturated rings. The topological polar surface area (TPSA) is 78.6 Å². The van der Waals surface area contributed by atoms with Crippen molar-refractivity contribution in [3.05, 3.63) is 29.8 Å². The van der Waals surface area contributed by atoms with E-state index in [1.807, 2.05) is 6.07 Å². The number of phenols is 1. The molecule has 0 radical (unpaired) electrons. The number of para-hydroxylation sites is 1. The van der Waals surface area contributed by atoms with E-state index in [0.717, 1.165) is 32.5 Å². The fraction of sp³-hybridized carbons (Fsp3) is 0.533. The van der Waals surface area contributed by atoms with E-state index >= 15 is 0 Å². The summed E-state index contributed by atoms with van der Waals surface area (Å²) in [5.41, 5.74) is 6.21. The Labute approximate surface area is 119 Å². The molecule has 0 atom stereocenters. The van der Waals surface area contributed by atoms with Gasteiger partial charge in [-0.3, -0.25) is 4.79 Å². The van der Waals surface area contributed by atoms with Crippen LogP contribution in [0.1, 0.15) is 18.4 Å². The fourth-order valence-electron chi connectivity index (χ4n) is 2.60. The van der Waals surface area contributed by atoms with Crippen LogP contribution in [0.5, 0.6) is 5.75 Å². The number of carbonyl (C=O) groups is 1. The number of nitrogens with zero attached hydrogens (tertiary/aromatic N) is 1. The maximum absolute atomic E-state index is 12.0. The summed E-state index contributed by atoms with van der Waals surface area (Å²) in [5.74, 6) is 0.157. The van der Waals surface area contributed by atoms with E-state index < -0.39 is 0 Å². The van der Waals surface area contributed by atoms with Gasteiger partial charge in [-0.1, -0.05) is 18.2 Å². The lowest BCUT2D eigenvalue weighted by Crippen LogP contribution is -2.46. The summed E-state index contributed by atoms with van der Waals surface area (Å²) in [6.45, 7) is 3.58. The van der Waals surface area contributed by atoms with Crippen molar-refractivity contribution in [1.29, 1.82) is 0 Å². The molecule has 5 nitrogen and oxygen atoms in total. The smallest absolute Gasteiger partial charge is 0.224 e. The van der Waals surface area contributed by atoms with Gasteiger partial charge in [0.2, 0.25) is 5.91 Å². The first-order valence-corrected chi connectivity index (χ1v) is 7.17. The number of hydrogen-bond donors (Lipinski definition) is 3. The largest absolute Gasteiger partial charge is 0.508 e. The molecule has 1 aromatic carbocycles. The molecule has 110 valence electrons. The van der Waals surface area contributed by atoms with E-state index in [2.05, 4.69) is 10.2 Å². The molecule has 1 aliphatic heterocycles. The van der Waals surface area contributed by atoms with Crippen LogP contribution in [0.4, 0.5) is 0 Å². The SMILES string of the molecule is NCCN1CCC(NC(=O)Cc2ccccc2O)CC1. The molecule has 5 heteroatoms. The zero-order valence-electron chi connectivity index (χ0n) is 11.7. The van der Waals surface area contributed by atoms with Crippen LogP contribution in [0.15, 0.2) is 24.3 Å². The number of carbonyl (C=O) groups excluding carboxylic acids is 1. The van der Waals surface area contributed by atoms with Crippen LogP contribution < -0.4 is 11.1 Å². The third kappa shape index (κ3) is 4.21. The molecule has 0 aliphatic carbocycles. The number of nitrogens with two attached hydrogens (primary N) is 1. The van der Waals surface area contributed by atoms with Gasteiger partial charge in [-0.25, -0.2) is 0 Å².